The number of nitrogens with two attached hydrogens (primary N) is 1. The van der Waals surface area contributed by atoms with Crippen LogP contribution >= 0.6 is 0 Å². The van der Waals surface area contributed by atoms with E-state index in [1.54, 1.807) is 0 Å². The van der Waals surface area contributed by atoms with Gasteiger partial charge in [0, 0.05) is 23.1 Å². The van der Waals surface area contributed by atoms with E-state index >= 15 is 0 Å². The number of benzene rings is 2. The third kappa shape index (κ3) is 3.44. The summed E-state index contributed by atoms with van der Waals surface area (Å²) in [6, 6.07) is 20.2. The van der Waals surface area contributed by atoms with Crippen molar-refractivity contribution in [2.24, 2.45) is 11.7 Å². The lowest BCUT2D eigenvalue weighted by atomic mass is 9.68. The first-order chi connectivity index (χ1) is 16.4. The largest absolute Gasteiger partial charge is 0.390 e. The van der Waals surface area contributed by atoms with E-state index in [9.17, 15) is 9.90 Å². The van der Waals surface area contributed by atoms with Crippen LogP contribution in [-0.2, 0) is 0 Å². The maximum Gasteiger partial charge on any atom is 0.254 e. The van der Waals surface area contributed by atoms with Crippen molar-refractivity contribution >= 4 is 22.6 Å². The van der Waals surface area contributed by atoms with Crippen LogP contribution in [0.1, 0.15) is 42.6 Å². The summed E-state index contributed by atoms with van der Waals surface area (Å²) in [6.45, 7) is 2.62. The Morgan fingerprint density at radius 3 is 2.62 bits per heavy atom. The summed E-state index contributed by atoms with van der Waals surface area (Å²) >= 11 is 0. The first-order valence-corrected chi connectivity index (χ1v) is 11.7. The van der Waals surface area contributed by atoms with Crippen LogP contribution in [0.3, 0.4) is 0 Å². The van der Waals surface area contributed by atoms with E-state index in [1.165, 1.54) is 0 Å². The molecule has 7 heteroatoms. The zero-order chi connectivity index (χ0) is 23.4. The van der Waals surface area contributed by atoms with Crippen LogP contribution in [0.5, 0.6) is 0 Å². The van der Waals surface area contributed by atoms with E-state index in [0.717, 1.165) is 53.5 Å². The third-order valence-electron chi connectivity index (χ3n) is 7.19. The smallest absolute Gasteiger partial charge is 0.254 e. The van der Waals surface area contributed by atoms with Gasteiger partial charge in [-0.2, -0.15) is 5.10 Å². The van der Waals surface area contributed by atoms with Crippen LogP contribution in [0, 0.1) is 5.92 Å². The lowest BCUT2D eigenvalue weighted by molar-refractivity contribution is -0.0760. The molecule has 0 bridgehead atoms. The second-order valence-electron chi connectivity index (χ2n) is 9.80. The van der Waals surface area contributed by atoms with Gasteiger partial charge in [-0.3, -0.25) is 4.79 Å². The molecule has 2 aromatic heterocycles. The van der Waals surface area contributed by atoms with Gasteiger partial charge in [0.15, 0.2) is 0 Å². The summed E-state index contributed by atoms with van der Waals surface area (Å²) in [6.07, 6.45) is 2.37. The fourth-order valence-electron chi connectivity index (χ4n) is 5.55. The van der Waals surface area contributed by atoms with Crippen LogP contribution < -0.4 is 11.1 Å². The maximum atomic E-state index is 12.6. The highest BCUT2D eigenvalue weighted by Gasteiger charge is 2.45. The van der Waals surface area contributed by atoms with Gasteiger partial charge in [-0.05, 0) is 44.2 Å². The quantitative estimate of drug-likeness (QED) is 0.425. The van der Waals surface area contributed by atoms with Crippen molar-refractivity contribution in [3.8, 4) is 22.5 Å². The highest BCUT2D eigenvalue weighted by Crippen LogP contribution is 2.48. The Bertz CT molecular complexity index is 1400. The number of amides is 1. The first kappa shape index (κ1) is 20.9. The summed E-state index contributed by atoms with van der Waals surface area (Å²) in [4.78, 5) is 17.4. The van der Waals surface area contributed by atoms with Crippen molar-refractivity contribution < 1.29 is 9.90 Å². The molecule has 1 atom stereocenters. The first-order valence-electron chi connectivity index (χ1n) is 11.7. The number of carbonyl (C=O) groups is 1. The number of fused-ring (bicyclic) bond motifs is 2. The minimum absolute atomic E-state index is 0.131. The van der Waals surface area contributed by atoms with Crippen molar-refractivity contribution in [1.82, 2.24) is 14.8 Å². The number of carbonyl (C=O) groups excluding carboxylic acids is 1. The number of primary amides is 1. The van der Waals surface area contributed by atoms with E-state index < -0.39 is 11.5 Å². The van der Waals surface area contributed by atoms with E-state index in [1.807, 2.05) is 66.2 Å². The highest BCUT2D eigenvalue weighted by molar-refractivity contribution is 6.04. The van der Waals surface area contributed by atoms with Crippen LogP contribution in [0.2, 0.25) is 0 Å². The molecule has 6 rings (SSSR count). The number of nitrogens with zero attached hydrogens (tertiary/aromatic N) is 3. The molecule has 2 aliphatic rings. The highest BCUT2D eigenvalue weighted by atomic mass is 16.3. The van der Waals surface area contributed by atoms with Crippen molar-refractivity contribution in [2.75, 3.05) is 11.9 Å². The van der Waals surface area contributed by atoms with Crippen LogP contribution in [0.4, 0.5) is 5.82 Å². The molecule has 0 radical (unpaired) electrons. The van der Waals surface area contributed by atoms with Gasteiger partial charge in [-0.25, -0.2) is 9.67 Å². The normalized spacial score (nSPS) is 23.7. The Balaban J connectivity index is 1.44. The third-order valence-corrected chi connectivity index (χ3v) is 7.19. The van der Waals surface area contributed by atoms with Crippen molar-refractivity contribution in [1.29, 1.82) is 0 Å². The second kappa shape index (κ2) is 7.67. The number of aliphatic hydroxyl groups is 1. The number of hydrogen-bond acceptors (Lipinski definition) is 5. The van der Waals surface area contributed by atoms with Crippen LogP contribution in [0.15, 0.2) is 60.7 Å². The number of nitrogens with one attached hydrogen (secondary N) is 1. The van der Waals surface area contributed by atoms with E-state index in [0.29, 0.717) is 23.0 Å². The van der Waals surface area contributed by atoms with Crippen molar-refractivity contribution in [3.05, 3.63) is 66.2 Å². The van der Waals surface area contributed by atoms with Gasteiger partial charge in [0.1, 0.15) is 17.1 Å². The molecular formula is C27H27N5O2. The molecule has 4 N–H and O–H groups in total. The Morgan fingerprint density at radius 2 is 1.88 bits per heavy atom. The summed E-state index contributed by atoms with van der Waals surface area (Å²) < 4.78 is 1.93. The van der Waals surface area contributed by atoms with Crippen molar-refractivity contribution in [2.45, 2.75) is 37.8 Å². The predicted octanol–water partition coefficient (Wildman–Crippen LogP) is 4.38. The molecule has 1 unspecified atom stereocenters. The van der Waals surface area contributed by atoms with E-state index in [4.69, 9.17) is 15.8 Å². The SMILES string of the molecule is CC1(O)CC(C2CCNc3c(C(N)=O)c(-c4ccc5ccc(-c6ccccc6)nc5c4)nn32)C1. The molecular weight excluding hydrogens is 426 g/mol. The number of pyridine rings is 1. The molecule has 1 saturated carbocycles. The fraction of sp³-hybridized carbons (Fsp3) is 0.296. The Labute approximate surface area is 197 Å². The molecule has 1 amide bonds. The lowest BCUT2D eigenvalue weighted by Crippen LogP contribution is -2.46. The average molecular weight is 454 g/mol. The molecule has 34 heavy (non-hydrogen) atoms. The number of rotatable bonds is 4. The molecule has 3 heterocycles. The van der Waals surface area contributed by atoms with Gasteiger partial charge < -0.3 is 16.2 Å². The lowest BCUT2D eigenvalue weighted by Gasteiger charge is -2.46. The van der Waals surface area contributed by atoms with Crippen LogP contribution in [-0.4, -0.2) is 37.9 Å². The van der Waals surface area contributed by atoms with E-state index in [2.05, 4.69) is 11.4 Å². The molecule has 4 aromatic rings. The number of anilines is 1. The fourth-order valence-corrected chi connectivity index (χ4v) is 5.55. The molecule has 1 aliphatic carbocycles. The molecule has 172 valence electrons. The minimum Gasteiger partial charge on any atom is -0.390 e. The molecule has 2 aromatic carbocycles. The van der Waals surface area contributed by atoms with E-state index in [-0.39, 0.29) is 6.04 Å². The van der Waals surface area contributed by atoms with Gasteiger partial charge in [-0.15, -0.1) is 0 Å². The van der Waals surface area contributed by atoms with Crippen LogP contribution in [0.25, 0.3) is 33.4 Å². The average Bonchev–Trinajstić information content (AvgIpc) is 3.22. The molecule has 0 saturated heterocycles. The van der Waals surface area contributed by atoms with Gasteiger partial charge >= 0.3 is 0 Å². The second-order valence-corrected chi connectivity index (χ2v) is 9.80. The van der Waals surface area contributed by atoms with Gasteiger partial charge in [0.2, 0.25) is 0 Å². The Hall–Kier alpha value is -3.71. The van der Waals surface area contributed by atoms with Gasteiger partial charge in [-0.1, -0.05) is 48.5 Å². The monoisotopic (exact) mass is 453 g/mol. The van der Waals surface area contributed by atoms with Gasteiger partial charge in [0.05, 0.1) is 22.9 Å². The number of hydrogen-bond donors (Lipinski definition) is 3. The molecule has 1 fully saturated rings. The van der Waals surface area contributed by atoms with Gasteiger partial charge in [0.25, 0.3) is 5.91 Å². The molecule has 0 spiro atoms. The molecule has 7 nitrogen and oxygen atoms in total. The zero-order valence-corrected chi connectivity index (χ0v) is 19.0. The van der Waals surface area contributed by atoms with Crippen molar-refractivity contribution in [3.63, 3.8) is 0 Å². The summed E-state index contributed by atoms with van der Waals surface area (Å²) in [7, 11) is 0. The Morgan fingerprint density at radius 1 is 1.12 bits per heavy atom. The predicted molar refractivity (Wildman–Crippen MR) is 132 cm³/mol. The maximum absolute atomic E-state index is 12.6. The Kier molecular flexibility index (Phi) is 4.71. The standard InChI is InChI=1S/C27H27N5O2/c1-27(34)14-19(15-27)22-11-12-29-26-23(25(28)33)24(31-32(22)26)18-8-7-17-9-10-20(30-21(17)13-18)16-5-3-2-4-6-16/h2-10,13,19,22,29,34H,11-12,14-15H2,1H3,(H2,28,33). The summed E-state index contributed by atoms with van der Waals surface area (Å²) in [5, 5.41) is 19.5. The zero-order valence-electron chi connectivity index (χ0n) is 19.0. The minimum atomic E-state index is -0.612. The molecule has 1 aliphatic heterocycles. The summed E-state index contributed by atoms with van der Waals surface area (Å²) in [5.74, 6) is 0.503. The topological polar surface area (TPSA) is 106 Å². The number of aromatic nitrogens is 3. The summed E-state index contributed by atoms with van der Waals surface area (Å²) in [5.41, 5.74) is 9.81.